The van der Waals surface area contributed by atoms with Crippen molar-refractivity contribution in [2.75, 3.05) is 30.4 Å². The van der Waals surface area contributed by atoms with E-state index in [1.54, 1.807) is 7.05 Å². The Bertz CT molecular complexity index is 482. The minimum absolute atomic E-state index is 0.0317. The maximum absolute atomic E-state index is 11.2. The third-order valence-electron chi connectivity index (χ3n) is 3.53. The first-order valence-corrected chi connectivity index (χ1v) is 6.74. The summed E-state index contributed by atoms with van der Waals surface area (Å²) in [6.07, 6.45) is 5.04. The Morgan fingerprint density at radius 3 is 3.00 bits per heavy atom. The van der Waals surface area contributed by atoms with Crippen LogP contribution in [0.15, 0.2) is 6.20 Å². The second-order valence-corrected chi connectivity index (χ2v) is 4.79. The molecule has 1 aromatic rings. The molecule has 1 atom stereocenters. The average Bonchev–Trinajstić information content (AvgIpc) is 2.71. The smallest absolute Gasteiger partial charge is 0.329 e. The molecule has 0 saturated carbocycles. The van der Waals surface area contributed by atoms with Crippen molar-refractivity contribution in [3.8, 4) is 0 Å². The summed E-state index contributed by atoms with van der Waals surface area (Å²) in [4.78, 5) is 20.6. The second kappa shape index (κ2) is 6.47. The summed E-state index contributed by atoms with van der Waals surface area (Å²) in [5.41, 5.74) is -0.121. The van der Waals surface area contributed by atoms with Crippen LogP contribution in [0.1, 0.15) is 25.7 Å². The number of anilines is 2. The maximum atomic E-state index is 11.2. The number of hydrogen-bond donors (Lipinski definition) is 2. The van der Waals surface area contributed by atoms with Crippen molar-refractivity contribution < 1.29 is 10.0 Å². The van der Waals surface area contributed by atoms with Crippen LogP contribution < -0.4 is 10.2 Å². The highest BCUT2D eigenvalue weighted by atomic mass is 16.6. The van der Waals surface area contributed by atoms with E-state index in [2.05, 4.69) is 15.3 Å². The van der Waals surface area contributed by atoms with Gasteiger partial charge in [0, 0.05) is 13.6 Å². The maximum Gasteiger partial charge on any atom is 0.329 e. The van der Waals surface area contributed by atoms with Gasteiger partial charge >= 0.3 is 5.69 Å². The SMILES string of the molecule is CNc1ncc([N+](=O)[O-])c(N2CCCCCC2CO)n1. The van der Waals surface area contributed by atoms with Gasteiger partial charge in [-0.1, -0.05) is 12.8 Å². The lowest BCUT2D eigenvalue weighted by molar-refractivity contribution is -0.384. The highest BCUT2D eigenvalue weighted by Crippen LogP contribution is 2.30. The molecule has 1 aromatic heterocycles. The molecule has 0 aromatic carbocycles. The largest absolute Gasteiger partial charge is 0.394 e. The molecule has 1 fully saturated rings. The summed E-state index contributed by atoms with van der Waals surface area (Å²) < 4.78 is 0. The Morgan fingerprint density at radius 2 is 2.35 bits per heavy atom. The summed E-state index contributed by atoms with van der Waals surface area (Å²) in [6.45, 7) is 0.627. The van der Waals surface area contributed by atoms with Crippen LogP contribution in [0.3, 0.4) is 0 Å². The number of nitrogens with one attached hydrogen (secondary N) is 1. The van der Waals surface area contributed by atoms with Crippen LogP contribution in [0.4, 0.5) is 17.5 Å². The van der Waals surface area contributed by atoms with E-state index < -0.39 is 4.92 Å². The molecule has 2 heterocycles. The normalized spacial score (nSPS) is 19.5. The van der Waals surface area contributed by atoms with Gasteiger partial charge in [-0.2, -0.15) is 4.98 Å². The van der Waals surface area contributed by atoms with Crippen LogP contribution in [-0.2, 0) is 0 Å². The average molecular weight is 281 g/mol. The number of hydrogen-bond acceptors (Lipinski definition) is 7. The van der Waals surface area contributed by atoms with Crippen LogP contribution in [-0.4, -0.2) is 46.2 Å². The summed E-state index contributed by atoms with van der Waals surface area (Å²) in [7, 11) is 1.66. The molecule has 0 aliphatic carbocycles. The van der Waals surface area contributed by atoms with E-state index in [-0.39, 0.29) is 24.2 Å². The van der Waals surface area contributed by atoms with Crippen molar-refractivity contribution in [3.63, 3.8) is 0 Å². The van der Waals surface area contributed by atoms with E-state index in [1.807, 2.05) is 4.90 Å². The molecule has 8 heteroatoms. The lowest BCUT2D eigenvalue weighted by atomic mass is 10.1. The predicted molar refractivity (Wildman–Crippen MR) is 74.9 cm³/mol. The van der Waals surface area contributed by atoms with E-state index >= 15 is 0 Å². The summed E-state index contributed by atoms with van der Waals surface area (Å²) >= 11 is 0. The van der Waals surface area contributed by atoms with Crippen LogP contribution >= 0.6 is 0 Å². The lowest BCUT2D eigenvalue weighted by Crippen LogP contribution is -2.38. The second-order valence-electron chi connectivity index (χ2n) is 4.79. The van der Waals surface area contributed by atoms with E-state index in [9.17, 15) is 15.2 Å². The zero-order valence-electron chi connectivity index (χ0n) is 11.4. The molecule has 1 aliphatic heterocycles. The molecule has 2 N–H and O–H groups in total. The third kappa shape index (κ3) is 2.96. The fourth-order valence-corrected chi connectivity index (χ4v) is 2.47. The third-order valence-corrected chi connectivity index (χ3v) is 3.53. The quantitative estimate of drug-likeness (QED) is 0.630. The first-order chi connectivity index (χ1) is 9.67. The van der Waals surface area contributed by atoms with Gasteiger partial charge < -0.3 is 15.3 Å². The number of nitro groups is 1. The van der Waals surface area contributed by atoms with Gasteiger partial charge in [0.05, 0.1) is 17.6 Å². The van der Waals surface area contributed by atoms with E-state index in [0.29, 0.717) is 12.5 Å². The number of aromatic nitrogens is 2. The topological polar surface area (TPSA) is 104 Å². The number of rotatable bonds is 4. The molecule has 1 saturated heterocycles. The molecular weight excluding hydrogens is 262 g/mol. The standard InChI is InChI=1S/C12H19N5O3/c1-13-12-14-7-10(17(19)20)11(15-12)16-6-4-2-3-5-9(16)8-18/h7,9,18H,2-6,8H2,1H3,(H,13,14,15). The molecular formula is C12H19N5O3. The molecule has 0 radical (unpaired) electrons. The molecule has 2 rings (SSSR count). The van der Waals surface area contributed by atoms with Crippen LogP contribution in [0.2, 0.25) is 0 Å². The van der Waals surface area contributed by atoms with E-state index in [1.165, 1.54) is 6.20 Å². The van der Waals surface area contributed by atoms with Gasteiger partial charge in [-0.3, -0.25) is 10.1 Å². The molecule has 110 valence electrons. The number of aliphatic hydroxyl groups is 1. The predicted octanol–water partition coefficient (Wildman–Crippen LogP) is 1.17. The van der Waals surface area contributed by atoms with Crippen LogP contribution in [0.25, 0.3) is 0 Å². The fraction of sp³-hybridized carbons (Fsp3) is 0.667. The molecule has 0 bridgehead atoms. The minimum atomic E-state index is -0.478. The van der Waals surface area contributed by atoms with Gasteiger partial charge in [0.1, 0.15) is 6.20 Å². The zero-order valence-corrected chi connectivity index (χ0v) is 11.4. The molecule has 0 amide bonds. The fourth-order valence-electron chi connectivity index (χ4n) is 2.47. The van der Waals surface area contributed by atoms with Crippen molar-refractivity contribution in [2.45, 2.75) is 31.7 Å². The van der Waals surface area contributed by atoms with Gasteiger partial charge in [-0.05, 0) is 12.8 Å². The molecule has 20 heavy (non-hydrogen) atoms. The Morgan fingerprint density at radius 1 is 1.55 bits per heavy atom. The van der Waals surface area contributed by atoms with Crippen molar-refractivity contribution in [2.24, 2.45) is 0 Å². The first-order valence-electron chi connectivity index (χ1n) is 6.74. The Hall–Kier alpha value is -1.96. The molecule has 1 aliphatic rings. The van der Waals surface area contributed by atoms with Gasteiger partial charge in [0.2, 0.25) is 11.8 Å². The van der Waals surface area contributed by atoms with Crippen LogP contribution in [0.5, 0.6) is 0 Å². The van der Waals surface area contributed by atoms with Crippen molar-refractivity contribution >= 4 is 17.5 Å². The van der Waals surface area contributed by atoms with Crippen LogP contribution in [0, 0.1) is 10.1 Å². The van der Waals surface area contributed by atoms with E-state index in [4.69, 9.17) is 0 Å². The Labute approximate surface area is 117 Å². The monoisotopic (exact) mass is 281 g/mol. The van der Waals surface area contributed by atoms with Gasteiger partial charge in [-0.15, -0.1) is 0 Å². The first kappa shape index (κ1) is 14.4. The highest BCUT2D eigenvalue weighted by molar-refractivity contribution is 5.59. The molecule has 1 unspecified atom stereocenters. The van der Waals surface area contributed by atoms with Crippen molar-refractivity contribution in [1.82, 2.24) is 9.97 Å². The molecule has 0 spiro atoms. The Balaban J connectivity index is 2.43. The summed E-state index contributed by atoms with van der Waals surface area (Å²) in [6, 6.07) is -0.129. The van der Waals surface area contributed by atoms with Gasteiger partial charge in [0.15, 0.2) is 0 Å². The molecule has 8 nitrogen and oxygen atoms in total. The number of aliphatic hydroxyl groups excluding tert-OH is 1. The lowest BCUT2D eigenvalue weighted by Gasteiger charge is -2.29. The highest BCUT2D eigenvalue weighted by Gasteiger charge is 2.28. The van der Waals surface area contributed by atoms with Gasteiger partial charge in [-0.25, -0.2) is 4.98 Å². The van der Waals surface area contributed by atoms with E-state index in [0.717, 1.165) is 25.7 Å². The van der Waals surface area contributed by atoms with Crippen molar-refractivity contribution in [1.29, 1.82) is 0 Å². The Kier molecular flexibility index (Phi) is 4.67. The minimum Gasteiger partial charge on any atom is -0.394 e. The summed E-state index contributed by atoms with van der Waals surface area (Å²) in [5.74, 6) is 0.627. The summed E-state index contributed by atoms with van der Waals surface area (Å²) in [5, 5.41) is 23.5. The zero-order chi connectivity index (χ0) is 14.5. The van der Waals surface area contributed by atoms with Crippen molar-refractivity contribution in [3.05, 3.63) is 16.3 Å². The van der Waals surface area contributed by atoms with Gasteiger partial charge in [0.25, 0.3) is 0 Å². The number of nitrogens with zero attached hydrogens (tertiary/aromatic N) is 4.